The number of halogens is 4. The van der Waals surface area contributed by atoms with Gasteiger partial charge < -0.3 is 10.6 Å². The third-order valence-corrected chi connectivity index (χ3v) is 9.25. The lowest BCUT2D eigenvalue weighted by molar-refractivity contribution is -0.131. The Labute approximate surface area is 281 Å². The number of anilines is 2. The second-order valence-corrected chi connectivity index (χ2v) is 13.0. The Hall–Kier alpha value is -3.12. The number of benzene rings is 2. The van der Waals surface area contributed by atoms with Crippen molar-refractivity contribution in [3.63, 3.8) is 0 Å². The van der Waals surface area contributed by atoms with Gasteiger partial charge in [-0.15, -0.1) is 5.10 Å². The normalized spacial score (nSPS) is 17.0. The van der Waals surface area contributed by atoms with Gasteiger partial charge >= 0.3 is 0 Å². The molecule has 10 nitrogen and oxygen atoms in total. The molecule has 0 aliphatic carbocycles. The second-order valence-electron chi connectivity index (χ2n) is 11.3. The molecule has 2 aromatic heterocycles. The Kier molecular flexibility index (Phi) is 9.70. The lowest BCUT2D eigenvalue weighted by atomic mass is 10.0. The molecule has 2 saturated heterocycles. The first-order valence-corrected chi connectivity index (χ1v) is 16.3. The molecule has 0 saturated carbocycles. The number of likely N-dealkylation sites (tertiary alicyclic amines) is 2. The van der Waals surface area contributed by atoms with Crippen LogP contribution in [0.25, 0.3) is 11.4 Å². The third kappa shape index (κ3) is 7.01. The van der Waals surface area contributed by atoms with Gasteiger partial charge in [-0.1, -0.05) is 46.4 Å². The third-order valence-electron chi connectivity index (χ3n) is 8.18. The highest BCUT2D eigenvalue weighted by Crippen LogP contribution is 2.28. The van der Waals surface area contributed by atoms with E-state index in [1.165, 1.54) is 0 Å². The Balaban J connectivity index is 1.27. The first-order chi connectivity index (χ1) is 21.7. The summed E-state index contributed by atoms with van der Waals surface area (Å²) in [6, 6.07) is 12.3. The van der Waals surface area contributed by atoms with Crippen molar-refractivity contribution >= 4 is 69.9 Å². The Morgan fingerprint density at radius 1 is 0.689 bits per heavy atom. The van der Waals surface area contributed by atoms with Crippen molar-refractivity contribution in [3.8, 4) is 11.4 Å². The van der Waals surface area contributed by atoms with Crippen molar-refractivity contribution < 1.29 is 9.59 Å². The van der Waals surface area contributed by atoms with Crippen LogP contribution in [-0.2, 0) is 9.59 Å². The number of rotatable bonds is 9. The van der Waals surface area contributed by atoms with Crippen molar-refractivity contribution in [1.29, 1.82) is 0 Å². The number of carbonyl (C=O) groups excluding carboxylic acids is 2. The van der Waals surface area contributed by atoms with Gasteiger partial charge in [-0.25, -0.2) is 9.36 Å². The number of aromatic nitrogens is 4. The maximum Gasteiger partial charge on any atom is 0.245 e. The maximum atomic E-state index is 14.2. The largest absolute Gasteiger partial charge is 0.308 e. The monoisotopic (exact) mass is 688 g/mol. The van der Waals surface area contributed by atoms with Gasteiger partial charge in [-0.2, -0.15) is 5.10 Å². The smallest absolute Gasteiger partial charge is 0.245 e. The second kappa shape index (κ2) is 13.7. The van der Waals surface area contributed by atoms with E-state index in [1.54, 1.807) is 64.1 Å². The SMILES string of the molecule is Cc1cc(NC(=O)C(C(C(=O)Nc2ccn(-c3ccc(Cl)cc3Cl)n2)N2CCCC2)N2CCCC2)nn1-c1ccc(Cl)cc1Cl. The molecule has 2 aliphatic rings. The molecule has 4 aromatic rings. The van der Waals surface area contributed by atoms with Crippen molar-refractivity contribution in [3.05, 3.63) is 80.5 Å². The molecule has 45 heavy (non-hydrogen) atoms. The van der Waals surface area contributed by atoms with Crippen molar-refractivity contribution in [1.82, 2.24) is 29.4 Å². The van der Waals surface area contributed by atoms with Gasteiger partial charge in [0.1, 0.15) is 12.1 Å². The molecule has 2 unspecified atom stereocenters. The fourth-order valence-corrected chi connectivity index (χ4v) is 7.07. The van der Waals surface area contributed by atoms with Crippen LogP contribution in [-0.4, -0.2) is 79.4 Å². The highest BCUT2D eigenvalue weighted by Gasteiger charge is 2.43. The van der Waals surface area contributed by atoms with Gasteiger partial charge in [0.25, 0.3) is 0 Å². The number of amides is 2. The molecule has 4 heterocycles. The van der Waals surface area contributed by atoms with E-state index in [-0.39, 0.29) is 11.8 Å². The van der Waals surface area contributed by atoms with Crippen LogP contribution < -0.4 is 10.6 Å². The minimum Gasteiger partial charge on any atom is -0.308 e. The van der Waals surface area contributed by atoms with E-state index < -0.39 is 12.1 Å². The molecule has 2 N–H and O–H groups in total. The predicted molar refractivity (Wildman–Crippen MR) is 178 cm³/mol. The molecule has 2 atom stereocenters. The molecular formula is C31H32Cl4N8O2. The first-order valence-electron chi connectivity index (χ1n) is 14.8. The summed E-state index contributed by atoms with van der Waals surface area (Å²) in [4.78, 5) is 32.5. The van der Waals surface area contributed by atoms with E-state index in [0.717, 1.165) is 31.4 Å². The standard InChI is InChI=1S/C31H32Cl4N8O2/c1-19-16-27(39-43(19)25-9-7-21(33)18-23(25)35)37-31(45)29(41-13-4-5-14-41)28(40-11-2-3-12-40)30(44)36-26-10-15-42(38-26)24-8-6-20(32)17-22(24)34/h6-10,15-18,28-29H,2-5,11-14H2,1H3,(H,36,38,44)(H,37,39,45). The van der Waals surface area contributed by atoms with Crippen LogP contribution in [0.3, 0.4) is 0 Å². The van der Waals surface area contributed by atoms with Gasteiger partial charge in [0.05, 0.1) is 21.4 Å². The molecule has 0 spiro atoms. The quantitative estimate of drug-likeness (QED) is 0.209. The summed E-state index contributed by atoms with van der Waals surface area (Å²) in [6.45, 7) is 4.74. The van der Waals surface area contributed by atoms with Crippen molar-refractivity contribution in [2.45, 2.75) is 44.7 Å². The molecule has 14 heteroatoms. The summed E-state index contributed by atoms with van der Waals surface area (Å²) < 4.78 is 3.24. The van der Waals surface area contributed by atoms with Gasteiger partial charge in [0.2, 0.25) is 11.8 Å². The summed E-state index contributed by atoms with van der Waals surface area (Å²) in [5.74, 6) is 0.122. The average Bonchev–Trinajstić information content (AvgIpc) is 3.81. The molecular weight excluding hydrogens is 658 g/mol. The van der Waals surface area contributed by atoms with E-state index in [0.29, 0.717) is 69.3 Å². The highest BCUT2D eigenvalue weighted by molar-refractivity contribution is 6.36. The fourth-order valence-electron chi connectivity index (χ4n) is 6.08. The van der Waals surface area contributed by atoms with Gasteiger partial charge in [-0.05, 0) is 95.2 Å². The number of hydrogen-bond acceptors (Lipinski definition) is 6. The van der Waals surface area contributed by atoms with Gasteiger partial charge in [-0.3, -0.25) is 19.4 Å². The summed E-state index contributed by atoms with van der Waals surface area (Å²) in [5, 5.41) is 17.0. The zero-order chi connectivity index (χ0) is 31.7. The van der Waals surface area contributed by atoms with Crippen LogP contribution in [0.4, 0.5) is 11.6 Å². The summed E-state index contributed by atoms with van der Waals surface area (Å²) in [7, 11) is 0. The zero-order valence-corrected chi connectivity index (χ0v) is 27.5. The highest BCUT2D eigenvalue weighted by atomic mass is 35.5. The van der Waals surface area contributed by atoms with E-state index in [9.17, 15) is 9.59 Å². The first kappa shape index (κ1) is 31.8. The fraction of sp³-hybridized carbons (Fsp3) is 0.355. The average molecular weight is 690 g/mol. The lowest BCUT2D eigenvalue weighted by Crippen LogP contribution is -2.60. The molecule has 6 rings (SSSR count). The van der Waals surface area contributed by atoms with E-state index in [1.807, 2.05) is 6.92 Å². The summed E-state index contributed by atoms with van der Waals surface area (Å²) in [6.07, 6.45) is 5.52. The van der Waals surface area contributed by atoms with E-state index in [2.05, 4.69) is 30.6 Å². The van der Waals surface area contributed by atoms with Crippen LogP contribution in [0.5, 0.6) is 0 Å². The number of aryl methyl sites for hydroxylation is 1. The molecule has 0 bridgehead atoms. The van der Waals surface area contributed by atoms with Crippen molar-refractivity contribution in [2.75, 3.05) is 36.8 Å². The van der Waals surface area contributed by atoms with E-state index >= 15 is 0 Å². The topological polar surface area (TPSA) is 100 Å². The minimum atomic E-state index is -0.747. The summed E-state index contributed by atoms with van der Waals surface area (Å²) in [5.41, 5.74) is 2.04. The lowest BCUT2D eigenvalue weighted by Gasteiger charge is -2.37. The van der Waals surface area contributed by atoms with Crippen LogP contribution in [0.15, 0.2) is 54.7 Å². The summed E-state index contributed by atoms with van der Waals surface area (Å²) >= 11 is 25.0. The Morgan fingerprint density at radius 3 is 1.73 bits per heavy atom. The molecule has 2 amide bonds. The number of nitrogens with zero attached hydrogens (tertiary/aromatic N) is 6. The Bertz CT molecular complexity index is 1710. The predicted octanol–water partition coefficient (Wildman–Crippen LogP) is 6.49. The molecule has 0 radical (unpaired) electrons. The van der Waals surface area contributed by atoms with E-state index in [4.69, 9.17) is 46.4 Å². The van der Waals surface area contributed by atoms with Crippen LogP contribution in [0.2, 0.25) is 20.1 Å². The molecule has 2 aliphatic heterocycles. The molecule has 2 aromatic carbocycles. The van der Waals surface area contributed by atoms with Crippen molar-refractivity contribution in [2.24, 2.45) is 0 Å². The maximum absolute atomic E-state index is 14.2. The number of hydrogen-bond donors (Lipinski definition) is 2. The number of carbonyl (C=O) groups is 2. The minimum absolute atomic E-state index is 0.297. The van der Waals surface area contributed by atoms with Crippen LogP contribution >= 0.6 is 46.4 Å². The van der Waals surface area contributed by atoms with Gasteiger partial charge in [0, 0.05) is 34.1 Å². The Morgan fingerprint density at radius 2 is 1.20 bits per heavy atom. The van der Waals surface area contributed by atoms with Gasteiger partial charge in [0.15, 0.2) is 11.6 Å². The van der Waals surface area contributed by atoms with Crippen LogP contribution in [0.1, 0.15) is 31.4 Å². The van der Waals surface area contributed by atoms with Crippen LogP contribution in [0, 0.1) is 6.92 Å². The molecule has 2 fully saturated rings. The molecule has 236 valence electrons. The number of nitrogens with one attached hydrogen (secondary N) is 2. The zero-order valence-electron chi connectivity index (χ0n) is 24.5.